The lowest BCUT2D eigenvalue weighted by Gasteiger charge is -2.08. The highest BCUT2D eigenvalue weighted by Gasteiger charge is 2.23. The maximum absolute atomic E-state index is 11.5. The monoisotopic (exact) mass is 263 g/mol. The first-order valence-corrected chi connectivity index (χ1v) is 6.28. The Hall–Kier alpha value is -2.24. The molecule has 0 saturated heterocycles. The lowest BCUT2D eigenvalue weighted by atomic mass is 10.3. The summed E-state index contributed by atoms with van der Waals surface area (Å²) in [4.78, 5) is 22.7. The van der Waals surface area contributed by atoms with E-state index in [1.807, 2.05) is 0 Å². The number of anilines is 2. The second-order valence-electron chi connectivity index (χ2n) is 4.30. The van der Waals surface area contributed by atoms with E-state index in [9.17, 15) is 9.59 Å². The summed E-state index contributed by atoms with van der Waals surface area (Å²) < 4.78 is 4.76. The lowest BCUT2D eigenvalue weighted by Crippen LogP contribution is -2.30. The molecule has 6 nitrogen and oxygen atoms in total. The van der Waals surface area contributed by atoms with Gasteiger partial charge in [-0.25, -0.2) is 9.59 Å². The second kappa shape index (κ2) is 6.08. The molecule has 0 unspecified atom stereocenters. The van der Waals surface area contributed by atoms with Gasteiger partial charge in [-0.1, -0.05) is 0 Å². The molecular weight excluding hydrogens is 246 g/mol. The van der Waals surface area contributed by atoms with Crippen molar-refractivity contribution < 1.29 is 14.3 Å². The summed E-state index contributed by atoms with van der Waals surface area (Å²) in [6.45, 7) is 2.07. The lowest BCUT2D eigenvalue weighted by molar-refractivity contribution is 0.168. The minimum Gasteiger partial charge on any atom is -0.450 e. The van der Waals surface area contributed by atoms with Crippen LogP contribution in [0.1, 0.15) is 19.8 Å². The smallest absolute Gasteiger partial charge is 0.411 e. The molecule has 0 heterocycles. The fourth-order valence-corrected chi connectivity index (χ4v) is 1.50. The van der Waals surface area contributed by atoms with Gasteiger partial charge >= 0.3 is 12.1 Å². The molecule has 3 amide bonds. The van der Waals surface area contributed by atoms with Gasteiger partial charge in [0.15, 0.2) is 0 Å². The number of amides is 3. The Balaban J connectivity index is 1.83. The molecule has 3 N–H and O–H groups in total. The van der Waals surface area contributed by atoms with Crippen LogP contribution in [0.2, 0.25) is 0 Å². The number of benzene rings is 1. The molecule has 2 rings (SSSR count). The molecule has 1 fully saturated rings. The maximum Gasteiger partial charge on any atom is 0.411 e. The highest BCUT2D eigenvalue weighted by molar-refractivity contribution is 5.90. The van der Waals surface area contributed by atoms with Crippen molar-refractivity contribution in [2.75, 3.05) is 17.2 Å². The number of hydrogen-bond acceptors (Lipinski definition) is 3. The fraction of sp³-hybridized carbons (Fsp3) is 0.385. The molecule has 1 aromatic carbocycles. The molecule has 1 aromatic rings. The molecule has 0 aromatic heterocycles. The largest absolute Gasteiger partial charge is 0.450 e. The predicted octanol–water partition coefficient (Wildman–Crippen LogP) is 2.54. The van der Waals surface area contributed by atoms with Crippen molar-refractivity contribution in [1.29, 1.82) is 0 Å². The Bertz CT molecular complexity index is 455. The van der Waals surface area contributed by atoms with Crippen LogP contribution in [-0.2, 0) is 4.74 Å². The molecule has 0 radical (unpaired) electrons. The van der Waals surface area contributed by atoms with Crippen LogP contribution in [0, 0.1) is 0 Å². The van der Waals surface area contributed by atoms with Gasteiger partial charge in [-0.3, -0.25) is 5.32 Å². The van der Waals surface area contributed by atoms with E-state index >= 15 is 0 Å². The fourth-order valence-electron chi connectivity index (χ4n) is 1.50. The van der Waals surface area contributed by atoms with E-state index in [1.54, 1.807) is 31.2 Å². The zero-order valence-corrected chi connectivity index (χ0v) is 10.7. The summed E-state index contributed by atoms with van der Waals surface area (Å²) >= 11 is 0. The third-order valence-electron chi connectivity index (χ3n) is 2.58. The SMILES string of the molecule is CCOC(=O)Nc1ccc(NC(=O)NC2CC2)cc1. The summed E-state index contributed by atoms with van der Waals surface area (Å²) in [6.07, 6.45) is 1.61. The highest BCUT2D eigenvalue weighted by Crippen LogP contribution is 2.19. The van der Waals surface area contributed by atoms with Crippen LogP contribution in [0.25, 0.3) is 0 Å². The average molecular weight is 263 g/mol. The molecule has 19 heavy (non-hydrogen) atoms. The van der Waals surface area contributed by atoms with Crippen molar-refractivity contribution in [2.45, 2.75) is 25.8 Å². The first-order chi connectivity index (χ1) is 9.17. The van der Waals surface area contributed by atoms with E-state index in [-0.39, 0.29) is 6.03 Å². The van der Waals surface area contributed by atoms with E-state index in [1.165, 1.54) is 0 Å². The van der Waals surface area contributed by atoms with Gasteiger partial charge in [0.25, 0.3) is 0 Å². The first-order valence-electron chi connectivity index (χ1n) is 6.28. The third kappa shape index (κ3) is 4.50. The Morgan fingerprint density at radius 1 is 1.16 bits per heavy atom. The van der Waals surface area contributed by atoms with Gasteiger partial charge in [0.2, 0.25) is 0 Å². The Morgan fingerprint density at radius 3 is 2.26 bits per heavy atom. The molecule has 1 aliphatic rings. The average Bonchev–Trinajstić information content (AvgIpc) is 3.16. The van der Waals surface area contributed by atoms with Crippen LogP contribution in [0.15, 0.2) is 24.3 Å². The number of carbonyl (C=O) groups excluding carboxylic acids is 2. The second-order valence-corrected chi connectivity index (χ2v) is 4.30. The molecule has 1 saturated carbocycles. The van der Waals surface area contributed by atoms with Crippen LogP contribution in [0.3, 0.4) is 0 Å². The number of rotatable bonds is 4. The Morgan fingerprint density at radius 2 is 1.74 bits per heavy atom. The molecular formula is C13H17N3O3. The van der Waals surface area contributed by atoms with Crippen LogP contribution in [-0.4, -0.2) is 24.8 Å². The Kier molecular flexibility index (Phi) is 4.22. The van der Waals surface area contributed by atoms with Gasteiger partial charge in [-0.15, -0.1) is 0 Å². The standard InChI is InChI=1S/C13H17N3O3/c1-2-19-13(18)16-11-7-5-10(6-8-11)15-12(17)14-9-3-4-9/h5-9H,2-4H2,1H3,(H,16,18)(H2,14,15,17). The van der Waals surface area contributed by atoms with Crippen molar-refractivity contribution in [2.24, 2.45) is 0 Å². The highest BCUT2D eigenvalue weighted by atomic mass is 16.5. The first kappa shape index (κ1) is 13.2. The van der Waals surface area contributed by atoms with Gasteiger partial charge < -0.3 is 15.4 Å². The third-order valence-corrected chi connectivity index (χ3v) is 2.58. The van der Waals surface area contributed by atoms with Crippen molar-refractivity contribution in [3.05, 3.63) is 24.3 Å². The summed E-state index contributed by atoms with van der Waals surface area (Å²) in [5.41, 5.74) is 1.29. The van der Waals surface area contributed by atoms with E-state index in [2.05, 4.69) is 16.0 Å². The van der Waals surface area contributed by atoms with Crippen LogP contribution < -0.4 is 16.0 Å². The van der Waals surface area contributed by atoms with Gasteiger partial charge in [0, 0.05) is 17.4 Å². The number of hydrogen-bond donors (Lipinski definition) is 3. The predicted molar refractivity (Wildman–Crippen MR) is 72.3 cm³/mol. The molecule has 0 atom stereocenters. The maximum atomic E-state index is 11.5. The molecule has 1 aliphatic carbocycles. The summed E-state index contributed by atoms with van der Waals surface area (Å²) in [5, 5.41) is 8.13. The van der Waals surface area contributed by atoms with Crippen LogP contribution in [0.5, 0.6) is 0 Å². The van der Waals surface area contributed by atoms with Crippen molar-refractivity contribution >= 4 is 23.5 Å². The van der Waals surface area contributed by atoms with Crippen molar-refractivity contribution in [3.8, 4) is 0 Å². The minimum absolute atomic E-state index is 0.200. The quantitative estimate of drug-likeness (QED) is 0.781. The molecule has 0 bridgehead atoms. The summed E-state index contributed by atoms with van der Waals surface area (Å²) in [5.74, 6) is 0. The normalized spacial score (nSPS) is 13.5. The van der Waals surface area contributed by atoms with Gasteiger partial charge in [-0.2, -0.15) is 0 Å². The molecule has 0 aliphatic heterocycles. The van der Waals surface area contributed by atoms with E-state index in [4.69, 9.17) is 4.74 Å². The topological polar surface area (TPSA) is 79.5 Å². The number of carbonyl (C=O) groups is 2. The van der Waals surface area contributed by atoms with Gasteiger partial charge in [0.1, 0.15) is 0 Å². The number of urea groups is 1. The zero-order valence-electron chi connectivity index (χ0n) is 10.7. The zero-order chi connectivity index (χ0) is 13.7. The number of nitrogens with one attached hydrogen (secondary N) is 3. The Labute approximate surface area is 111 Å². The van der Waals surface area contributed by atoms with Gasteiger partial charge in [0.05, 0.1) is 6.61 Å². The van der Waals surface area contributed by atoms with E-state index in [0.29, 0.717) is 24.0 Å². The molecule has 6 heteroatoms. The van der Waals surface area contributed by atoms with E-state index in [0.717, 1.165) is 12.8 Å². The number of ether oxygens (including phenoxy) is 1. The van der Waals surface area contributed by atoms with Crippen molar-refractivity contribution in [1.82, 2.24) is 5.32 Å². The molecule has 102 valence electrons. The van der Waals surface area contributed by atoms with Crippen LogP contribution in [0.4, 0.5) is 21.0 Å². The van der Waals surface area contributed by atoms with Gasteiger partial charge in [-0.05, 0) is 44.0 Å². The summed E-state index contributed by atoms with van der Waals surface area (Å²) in [7, 11) is 0. The molecule has 0 spiro atoms. The van der Waals surface area contributed by atoms with E-state index < -0.39 is 6.09 Å². The minimum atomic E-state index is -0.491. The van der Waals surface area contributed by atoms with Crippen LogP contribution >= 0.6 is 0 Å². The summed E-state index contributed by atoms with van der Waals surface area (Å²) in [6, 6.07) is 6.95. The van der Waals surface area contributed by atoms with Crippen molar-refractivity contribution in [3.63, 3.8) is 0 Å².